The fraction of sp³-hybridized carbons (Fsp3) is 0.379. The summed E-state index contributed by atoms with van der Waals surface area (Å²) in [4.78, 5) is 5.18. The third kappa shape index (κ3) is 8.12. The standard InChI is InChI=1S/C22H29N3O3S.C7H8FNO2S/c1-23-29(26,27)20-8-6-19(7-9-20)25-15-13-24(14-16-25)12-10-22-21-5-3-2-4-18(21)11-17-28-22;1-9-12(10,11)7-4-2-6(8)3-5-7/h2-9,22-23H,10-17H2,1H3;2-5,9H,1H3/t22-;/m0./s1. The predicted octanol–water partition coefficient (Wildman–Crippen LogP) is 3.15. The average Bonchev–Trinajstić information content (AvgIpc) is 3.01. The maximum atomic E-state index is 12.4. The maximum absolute atomic E-state index is 12.4. The number of rotatable bonds is 8. The first-order valence-corrected chi connectivity index (χ1v) is 16.5. The summed E-state index contributed by atoms with van der Waals surface area (Å²) in [5.41, 5.74) is 3.86. The van der Waals surface area contributed by atoms with Crippen molar-refractivity contribution >= 4 is 25.7 Å². The van der Waals surface area contributed by atoms with E-state index in [1.165, 1.54) is 37.4 Å². The van der Waals surface area contributed by atoms with Crippen LogP contribution in [0.2, 0.25) is 0 Å². The van der Waals surface area contributed by atoms with Crippen LogP contribution >= 0.6 is 0 Å². The highest BCUT2D eigenvalue weighted by molar-refractivity contribution is 7.89. The molecule has 0 unspecified atom stereocenters. The van der Waals surface area contributed by atoms with Gasteiger partial charge in [0.1, 0.15) is 5.82 Å². The van der Waals surface area contributed by atoms with E-state index < -0.39 is 25.9 Å². The van der Waals surface area contributed by atoms with Crippen LogP contribution in [0.3, 0.4) is 0 Å². The second-order valence-electron chi connectivity index (χ2n) is 9.79. The van der Waals surface area contributed by atoms with Crippen LogP contribution < -0.4 is 14.3 Å². The molecule has 222 valence electrons. The van der Waals surface area contributed by atoms with Crippen molar-refractivity contribution < 1.29 is 26.0 Å². The number of sulfonamides is 2. The van der Waals surface area contributed by atoms with Crippen LogP contribution in [-0.2, 0) is 31.2 Å². The Kier molecular flexibility index (Phi) is 10.5. The molecule has 0 amide bonds. The highest BCUT2D eigenvalue weighted by Gasteiger charge is 2.23. The van der Waals surface area contributed by atoms with Crippen LogP contribution in [0.15, 0.2) is 82.6 Å². The largest absolute Gasteiger partial charge is 0.373 e. The number of hydrogen-bond acceptors (Lipinski definition) is 7. The number of halogens is 1. The van der Waals surface area contributed by atoms with Gasteiger partial charge in [0.2, 0.25) is 20.0 Å². The second kappa shape index (κ2) is 13.9. The molecule has 0 radical (unpaired) electrons. The lowest BCUT2D eigenvalue weighted by Crippen LogP contribution is -2.47. The Morgan fingerprint density at radius 3 is 1.95 bits per heavy atom. The van der Waals surface area contributed by atoms with Gasteiger partial charge in [-0.25, -0.2) is 30.7 Å². The molecular formula is C29H37FN4O5S2. The van der Waals surface area contributed by atoms with Gasteiger partial charge < -0.3 is 9.64 Å². The molecule has 2 N–H and O–H groups in total. The first-order valence-electron chi connectivity index (χ1n) is 13.5. The van der Waals surface area contributed by atoms with E-state index >= 15 is 0 Å². The number of benzene rings is 3. The highest BCUT2D eigenvalue weighted by Crippen LogP contribution is 2.30. The molecule has 2 heterocycles. The molecule has 0 bridgehead atoms. The molecule has 0 aromatic heterocycles. The minimum absolute atomic E-state index is 0.0615. The molecule has 3 aromatic carbocycles. The van der Waals surface area contributed by atoms with Gasteiger partial charge in [0.15, 0.2) is 0 Å². The topological polar surface area (TPSA) is 108 Å². The highest BCUT2D eigenvalue weighted by atomic mass is 32.2. The summed E-state index contributed by atoms with van der Waals surface area (Å²) < 4.78 is 68.8. The quantitative estimate of drug-likeness (QED) is 0.407. The van der Waals surface area contributed by atoms with Crippen molar-refractivity contribution in [3.05, 3.63) is 89.7 Å². The predicted molar refractivity (Wildman–Crippen MR) is 157 cm³/mol. The van der Waals surface area contributed by atoms with Crippen molar-refractivity contribution in [3.63, 3.8) is 0 Å². The molecule has 1 atom stereocenters. The van der Waals surface area contributed by atoms with E-state index in [4.69, 9.17) is 4.74 Å². The summed E-state index contributed by atoms with van der Waals surface area (Å²) >= 11 is 0. The number of hydrogen-bond donors (Lipinski definition) is 2. The summed E-state index contributed by atoms with van der Waals surface area (Å²) in [6.07, 6.45) is 2.24. The van der Waals surface area contributed by atoms with Gasteiger partial charge >= 0.3 is 0 Å². The monoisotopic (exact) mass is 604 g/mol. The maximum Gasteiger partial charge on any atom is 0.240 e. The third-order valence-electron chi connectivity index (χ3n) is 7.35. The van der Waals surface area contributed by atoms with Crippen molar-refractivity contribution in [2.24, 2.45) is 0 Å². The Morgan fingerprint density at radius 2 is 1.37 bits per heavy atom. The lowest BCUT2D eigenvalue weighted by molar-refractivity contribution is 0.0289. The zero-order valence-corrected chi connectivity index (χ0v) is 24.9. The molecule has 0 spiro atoms. The SMILES string of the molecule is CNS(=O)(=O)c1ccc(F)cc1.CNS(=O)(=O)c1ccc(N2CCN(CC[C@@H]3OCCc4ccccc43)CC2)cc1. The Bertz CT molecular complexity index is 1490. The van der Waals surface area contributed by atoms with Crippen LogP contribution in [-0.4, -0.2) is 75.2 Å². The molecule has 2 aliphatic heterocycles. The molecular weight excluding hydrogens is 567 g/mol. The summed E-state index contributed by atoms with van der Waals surface area (Å²) in [6.45, 7) is 5.75. The van der Waals surface area contributed by atoms with Gasteiger partial charge in [0, 0.05) is 38.4 Å². The first kappa shape index (κ1) is 31.1. The molecule has 2 aliphatic rings. The minimum atomic E-state index is -3.43. The van der Waals surface area contributed by atoms with E-state index in [2.05, 4.69) is 43.5 Å². The first-order chi connectivity index (χ1) is 19.6. The normalized spacial score (nSPS) is 17.8. The van der Waals surface area contributed by atoms with Gasteiger partial charge in [-0.3, -0.25) is 4.90 Å². The van der Waals surface area contributed by atoms with Crippen LogP contribution in [0.5, 0.6) is 0 Å². The Morgan fingerprint density at radius 1 is 0.805 bits per heavy atom. The van der Waals surface area contributed by atoms with Crippen molar-refractivity contribution in [1.29, 1.82) is 0 Å². The Balaban J connectivity index is 0.000000271. The van der Waals surface area contributed by atoms with Crippen LogP contribution in [0.25, 0.3) is 0 Å². The fourth-order valence-corrected chi connectivity index (χ4v) is 6.39. The number of anilines is 1. The van der Waals surface area contributed by atoms with Crippen molar-refractivity contribution in [2.75, 3.05) is 58.3 Å². The van der Waals surface area contributed by atoms with Crippen molar-refractivity contribution in [3.8, 4) is 0 Å². The zero-order valence-electron chi connectivity index (χ0n) is 23.3. The van der Waals surface area contributed by atoms with Crippen LogP contribution in [0, 0.1) is 5.82 Å². The molecule has 3 aromatic rings. The van der Waals surface area contributed by atoms with E-state index in [0.717, 1.165) is 70.0 Å². The molecule has 1 fully saturated rings. The number of piperazine rings is 1. The zero-order chi connectivity index (χ0) is 29.5. The van der Waals surface area contributed by atoms with Crippen LogP contribution in [0.4, 0.5) is 10.1 Å². The molecule has 9 nitrogen and oxygen atoms in total. The number of nitrogens with zero attached hydrogens (tertiary/aromatic N) is 2. The summed E-state index contributed by atoms with van der Waals surface area (Å²) in [5, 5.41) is 0. The average molecular weight is 605 g/mol. The van der Waals surface area contributed by atoms with E-state index in [-0.39, 0.29) is 11.0 Å². The summed E-state index contributed by atoms with van der Waals surface area (Å²) in [5.74, 6) is -0.454. The molecule has 41 heavy (non-hydrogen) atoms. The van der Waals surface area contributed by atoms with Gasteiger partial charge in [-0.1, -0.05) is 24.3 Å². The van der Waals surface area contributed by atoms with E-state index in [9.17, 15) is 21.2 Å². The fourth-order valence-electron chi connectivity index (χ4n) is 4.93. The van der Waals surface area contributed by atoms with E-state index in [1.54, 1.807) is 12.1 Å². The number of ether oxygens (including phenoxy) is 1. The smallest absolute Gasteiger partial charge is 0.240 e. The molecule has 5 rings (SSSR count). The summed E-state index contributed by atoms with van der Waals surface area (Å²) in [6, 6.07) is 20.4. The lowest BCUT2D eigenvalue weighted by Gasteiger charge is -2.37. The van der Waals surface area contributed by atoms with Gasteiger partial charge in [-0.2, -0.15) is 0 Å². The summed E-state index contributed by atoms with van der Waals surface area (Å²) in [7, 11) is -4.08. The number of fused-ring (bicyclic) bond motifs is 1. The lowest BCUT2D eigenvalue weighted by atomic mass is 9.95. The molecule has 1 saturated heterocycles. The second-order valence-corrected chi connectivity index (χ2v) is 13.6. The molecule has 0 saturated carbocycles. The van der Waals surface area contributed by atoms with Crippen molar-refractivity contribution in [2.45, 2.75) is 28.7 Å². The molecule has 12 heteroatoms. The van der Waals surface area contributed by atoms with E-state index in [1.807, 2.05) is 12.1 Å². The van der Waals surface area contributed by atoms with Crippen molar-refractivity contribution in [1.82, 2.24) is 14.3 Å². The van der Waals surface area contributed by atoms with Gasteiger partial charge in [-0.15, -0.1) is 0 Å². The minimum Gasteiger partial charge on any atom is -0.373 e. The van der Waals surface area contributed by atoms with Gasteiger partial charge in [0.05, 0.1) is 22.5 Å². The third-order valence-corrected chi connectivity index (χ3v) is 10.2. The van der Waals surface area contributed by atoms with Gasteiger partial charge in [0.25, 0.3) is 0 Å². The Labute approximate surface area is 242 Å². The van der Waals surface area contributed by atoms with E-state index in [0.29, 0.717) is 4.90 Å². The number of nitrogens with one attached hydrogen (secondary N) is 2. The van der Waals surface area contributed by atoms with Gasteiger partial charge in [-0.05, 0) is 86.6 Å². The van der Waals surface area contributed by atoms with Crippen LogP contribution in [0.1, 0.15) is 23.7 Å². The molecule has 0 aliphatic carbocycles. The Hall–Kier alpha value is -2.87.